The maximum Gasteiger partial charge on any atom is 0.127 e. The average molecular weight is 270 g/mol. The van der Waals surface area contributed by atoms with E-state index >= 15 is 0 Å². The zero-order valence-corrected chi connectivity index (χ0v) is 10.4. The Morgan fingerprint density at radius 3 is 2.71 bits per heavy atom. The zero-order chi connectivity index (χ0) is 12.3. The van der Waals surface area contributed by atoms with Gasteiger partial charge in [0.15, 0.2) is 0 Å². The lowest BCUT2D eigenvalue weighted by Gasteiger charge is -2.11. The fourth-order valence-electron chi connectivity index (χ4n) is 1.60. The second kappa shape index (κ2) is 5.48. The van der Waals surface area contributed by atoms with E-state index in [1.54, 1.807) is 36.7 Å². The van der Waals surface area contributed by atoms with Gasteiger partial charge in [-0.25, -0.2) is 4.39 Å². The van der Waals surface area contributed by atoms with Crippen LogP contribution in [0.15, 0.2) is 42.7 Å². The molecule has 0 aliphatic heterocycles. The first kappa shape index (κ1) is 12.3. The van der Waals surface area contributed by atoms with Crippen LogP contribution >= 0.6 is 23.2 Å². The van der Waals surface area contributed by atoms with E-state index < -0.39 is 5.38 Å². The van der Waals surface area contributed by atoms with Gasteiger partial charge in [-0.2, -0.15) is 0 Å². The van der Waals surface area contributed by atoms with Gasteiger partial charge in [-0.15, -0.1) is 11.6 Å². The standard InChI is InChI=1S/C13H10Cl2FN/c14-11(10-3-1-2-4-13(10)16)7-9-5-6-17-8-12(9)15/h1-6,8,11H,7H2. The number of rotatable bonds is 3. The van der Waals surface area contributed by atoms with E-state index in [1.807, 2.05) is 0 Å². The number of nitrogens with zero attached hydrogens (tertiary/aromatic N) is 1. The molecule has 1 atom stereocenters. The summed E-state index contributed by atoms with van der Waals surface area (Å²) in [6.45, 7) is 0. The Labute approximate surface area is 109 Å². The Balaban J connectivity index is 2.20. The quantitative estimate of drug-likeness (QED) is 0.753. The van der Waals surface area contributed by atoms with Crippen molar-refractivity contribution >= 4 is 23.2 Å². The Bertz CT molecular complexity index is 516. The second-order valence-corrected chi connectivity index (χ2v) is 4.59. The molecule has 4 heteroatoms. The summed E-state index contributed by atoms with van der Waals surface area (Å²) in [6, 6.07) is 8.28. The fraction of sp³-hybridized carbons (Fsp3) is 0.154. The number of alkyl halides is 1. The molecule has 0 saturated carbocycles. The summed E-state index contributed by atoms with van der Waals surface area (Å²) in [4.78, 5) is 3.89. The minimum absolute atomic E-state index is 0.294. The number of pyridine rings is 1. The van der Waals surface area contributed by atoms with Gasteiger partial charge in [0.1, 0.15) is 5.82 Å². The van der Waals surface area contributed by atoms with Crippen molar-refractivity contribution in [3.8, 4) is 0 Å². The number of benzene rings is 1. The highest BCUT2D eigenvalue weighted by molar-refractivity contribution is 6.31. The van der Waals surface area contributed by atoms with E-state index in [0.717, 1.165) is 5.56 Å². The largest absolute Gasteiger partial charge is 0.263 e. The van der Waals surface area contributed by atoms with E-state index in [0.29, 0.717) is 17.0 Å². The van der Waals surface area contributed by atoms with Gasteiger partial charge in [0.2, 0.25) is 0 Å². The minimum Gasteiger partial charge on any atom is -0.263 e. The summed E-state index contributed by atoms with van der Waals surface area (Å²) >= 11 is 12.2. The third kappa shape index (κ3) is 2.96. The van der Waals surface area contributed by atoms with Crippen molar-refractivity contribution in [1.82, 2.24) is 4.98 Å². The molecule has 1 heterocycles. The highest BCUT2D eigenvalue weighted by Gasteiger charge is 2.14. The molecular formula is C13H10Cl2FN. The number of halogens is 3. The summed E-state index contributed by atoms with van der Waals surface area (Å²) < 4.78 is 13.5. The average Bonchev–Trinajstić information content (AvgIpc) is 2.32. The van der Waals surface area contributed by atoms with Crippen molar-refractivity contribution in [3.05, 3.63) is 64.7 Å². The topological polar surface area (TPSA) is 12.9 Å². The van der Waals surface area contributed by atoms with Gasteiger partial charge in [0.05, 0.1) is 10.4 Å². The van der Waals surface area contributed by atoms with Gasteiger partial charge in [0, 0.05) is 18.0 Å². The molecule has 0 N–H and O–H groups in total. The van der Waals surface area contributed by atoms with Crippen molar-refractivity contribution < 1.29 is 4.39 Å². The number of aromatic nitrogens is 1. The summed E-state index contributed by atoms with van der Waals surface area (Å²) in [5.74, 6) is -0.294. The van der Waals surface area contributed by atoms with E-state index in [1.165, 1.54) is 6.07 Å². The van der Waals surface area contributed by atoms with Crippen LogP contribution in [0.4, 0.5) is 4.39 Å². The Kier molecular flexibility index (Phi) is 3.97. The first-order chi connectivity index (χ1) is 8.18. The molecule has 0 bridgehead atoms. The fourth-order valence-corrected chi connectivity index (χ4v) is 2.14. The smallest absolute Gasteiger partial charge is 0.127 e. The van der Waals surface area contributed by atoms with E-state index in [2.05, 4.69) is 4.98 Å². The number of hydrogen-bond acceptors (Lipinski definition) is 1. The molecule has 0 spiro atoms. The van der Waals surface area contributed by atoms with Crippen molar-refractivity contribution in [3.63, 3.8) is 0 Å². The predicted octanol–water partition coefficient (Wildman–Crippen LogP) is 4.40. The van der Waals surface area contributed by atoms with Crippen LogP contribution in [-0.4, -0.2) is 4.98 Å². The molecular weight excluding hydrogens is 260 g/mol. The van der Waals surface area contributed by atoms with Crippen molar-refractivity contribution in [2.45, 2.75) is 11.8 Å². The zero-order valence-electron chi connectivity index (χ0n) is 8.91. The van der Waals surface area contributed by atoms with Gasteiger partial charge in [0.25, 0.3) is 0 Å². The van der Waals surface area contributed by atoms with Crippen molar-refractivity contribution in [2.75, 3.05) is 0 Å². The van der Waals surface area contributed by atoms with E-state index in [4.69, 9.17) is 23.2 Å². The maximum atomic E-state index is 13.5. The molecule has 0 radical (unpaired) electrons. The van der Waals surface area contributed by atoms with Crippen LogP contribution < -0.4 is 0 Å². The Morgan fingerprint density at radius 2 is 2.00 bits per heavy atom. The molecule has 0 aliphatic carbocycles. The summed E-state index contributed by atoms with van der Waals surface area (Å²) in [6.07, 6.45) is 3.68. The SMILES string of the molecule is Fc1ccccc1C(Cl)Cc1ccncc1Cl. The van der Waals surface area contributed by atoms with Crippen LogP contribution in [0.1, 0.15) is 16.5 Å². The van der Waals surface area contributed by atoms with Crippen LogP contribution in [0.25, 0.3) is 0 Å². The Hall–Kier alpha value is -1.12. The van der Waals surface area contributed by atoms with Gasteiger partial charge in [-0.1, -0.05) is 29.8 Å². The van der Waals surface area contributed by atoms with Crippen LogP contribution in [0, 0.1) is 5.82 Å². The van der Waals surface area contributed by atoms with Gasteiger partial charge in [-0.3, -0.25) is 4.98 Å². The molecule has 2 aromatic rings. The minimum atomic E-state index is -0.434. The first-order valence-corrected chi connectivity index (χ1v) is 5.97. The molecule has 2 rings (SSSR count). The molecule has 88 valence electrons. The molecule has 17 heavy (non-hydrogen) atoms. The lowest BCUT2D eigenvalue weighted by Crippen LogP contribution is -1.99. The molecule has 1 aromatic heterocycles. The van der Waals surface area contributed by atoms with Gasteiger partial charge < -0.3 is 0 Å². The predicted molar refractivity (Wildman–Crippen MR) is 67.9 cm³/mol. The molecule has 1 nitrogen and oxygen atoms in total. The van der Waals surface area contributed by atoms with Gasteiger partial charge >= 0.3 is 0 Å². The molecule has 0 amide bonds. The lowest BCUT2D eigenvalue weighted by molar-refractivity contribution is 0.606. The summed E-state index contributed by atoms with van der Waals surface area (Å²) in [5.41, 5.74) is 1.35. The van der Waals surface area contributed by atoms with E-state index in [9.17, 15) is 4.39 Å². The molecule has 0 fully saturated rings. The highest BCUT2D eigenvalue weighted by atomic mass is 35.5. The monoisotopic (exact) mass is 269 g/mol. The van der Waals surface area contributed by atoms with Crippen molar-refractivity contribution in [1.29, 1.82) is 0 Å². The molecule has 1 aromatic carbocycles. The van der Waals surface area contributed by atoms with Crippen LogP contribution in [0.5, 0.6) is 0 Å². The second-order valence-electron chi connectivity index (χ2n) is 3.66. The Morgan fingerprint density at radius 1 is 1.24 bits per heavy atom. The van der Waals surface area contributed by atoms with Crippen LogP contribution in [0.2, 0.25) is 5.02 Å². The maximum absolute atomic E-state index is 13.5. The summed E-state index contributed by atoms with van der Waals surface area (Å²) in [7, 11) is 0. The molecule has 0 saturated heterocycles. The third-order valence-electron chi connectivity index (χ3n) is 2.50. The summed E-state index contributed by atoms with van der Waals surface area (Å²) in [5, 5.41) is 0.116. The molecule has 0 aliphatic rings. The highest BCUT2D eigenvalue weighted by Crippen LogP contribution is 2.29. The normalized spacial score (nSPS) is 12.4. The van der Waals surface area contributed by atoms with Gasteiger partial charge in [-0.05, 0) is 24.1 Å². The lowest BCUT2D eigenvalue weighted by atomic mass is 10.0. The first-order valence-electron chi connectivity index (χ1n) is 5.15. The molecule has 1 unspecified atom stereocenters. The van der Waals surface area contributed by atoms with E-state index in [-0.39, 0.29) is 5.82 Å². The van der Waals surface area contributed by atoms with Crippen LogP contribution in [-0.2, 0) is 6.42 Å². The number of hydrogen-bond donors (Lipinski definition) is 0. The van der Waals surface area contributed by atoms with Crippen LogP contribution in [0.3, 0.4) is 0 Å². The van der Waals surface area contributed by atoms with Crippen molar-refractivity contribution in [2.24, 2.45) is 0 Å². The third-order valence-corrected chi connectivity index (χ3v) is 3.23.